The second-order valence-electron chi connectivity index (χ2n) is 2.70. The van der Waals surface area contributed by atoms with Crippen molar-refractivity contribution in [3.05, 3.63) is 18.3 Å². The Bertz CT molecular complexity index is 339. The average molecular weight is 231 g/mol. The van der Waals surface area contributed by atoms with Crippen molar-refractivity contribution < 1.29 is 51.8 Å². The molecule has 16 heavy (non-hydrogen) atoms. The van der Waals surface area contributed by atoms with Crippen molar-refractivity contribution in [2.75, 3.05) is 0 Å². The van der Waals surface area contributed by atoms with Gasteiger partial charge in [0.1, 0.15) is 5.75 Å². The van der Waals surface area contributed by atoms with Crippen molar-refractivity contribution in [2.45, 2.75) is 6.36 Å². The first-order valence-corrected chi connectivity index (χ1v) is 3.72. The number of aromatic nitrogens is 1. The maximum atomic E-state index is 11.7. The molecule has 0 unspecified atom stereocenters. The van der Waals surface area contributed by atoms with E-state index in [2.05, 4.69) is 9.72 Å². The van der Waals surface area contributed by atoms with E-state index >= 15 is 0 Å². The van der Waals surface area contributed by atoms with Crippen LogP contribution in [0.4, 0.5) is 13.2 Å². The van der Waals surface area contributed by atoms with Gasteiger partial charge < -0.3 is 19.8 Å². The molecule has 0 aliphatic heterocycles. The first kappa shape index (κ1) is 15.3. The van der Waals surface area contributed by atoms with Crippen molar-refractivity contribution in [3.8, 4) is 5.75 Å². The van der Waals surface area contributed by atoms with E-state index in [-0.39, 0.29) is 18.9 Å². The summed E-state index contributed by atoms with van der Waals surface area (Å²) in [5, 5.41) is 26.0. The van der Waals surface area contributed by atoms with E-state index in [1.807, 2.05) is 0 Å². The fourth-order valence-electron chi connectivity index (χ4n) is 0.815. The number of hydrogen-bond donors (Lipinski definition) is 3. The molecule has 0 atom stereocenters. The number of ether oxygens (including phenoxy) is 1. The Hall–Kier alpha value is -0.718. The number of hydrogen-bond acceptors (Lipinski definition) is 5. The fraction of sp³-hybridized carbons (Fsp3) is 0.167. The van der Waals surface area contributed by atoms with Crippen molar-refractivity contribution >= 4 is 12.3 Å². The van der Waals surface area contributed by atoms with Crippen LogP contribution in [0.2, 0.25) is 0 Å². The van der Waals surface area contributed by atoms with E-state index in [0.717, 1.165) is 12.1 Å². The summed E-state index contributed by atoms with van der Waals surface area (Å²) in [5.74, 6) is -0.619. The number of alkyl halides is 3. The van der Waals surface area contributed by atoms with Crippen LogP contribution in [0.1, 0.15) is 0 Å². The number of rotatable bonds is 2. The largest absolute Gasteiger partial charge is 1.00 e. The molecule has 0 radical (unpaired) electrons. The molecule has 0 saturated carbocycles. The molecular formula is C6H6BF3LiNO4. The molecule has 0 aliphatic rings. The molecule has 1 rings (SSSR count). The molecule has 84 valence electrons. The molecule has 3 N–H and O–H groups in total. The van der Waals surface area contributed by atoms with Crippen LogP contribution in [-0.4, -0.2) is 33.2 Å². The van der Waals surface area contributed by atoms with Gasteiger partial charge in [-0.1, -0.05) is 6.07 Å². The summed E-state index contributed by atoms with van der Waals surface area (Å²) < 4.78 is 38.5. The quantitative estimate of drug-likeness (QED) is 0.453. The maximum Gasteiger partial charge on any atom is 1.00 e. The fourth-order valence-corrected chi connectivity index (χ4v) is 0.815. The summed E-state index contributed by atoms with van der Waals surface area (Å²) in [4.78, 5) is 3.19. The SMILES string of the molecule is O[B-](O)(O)c1ccc(OC(F)(F)F)cn1.[Li+]. The van der Waals surface area contributed by atoms with Crippen molar-refractivity contribution in [1.82, 2.24) is 4.98 Å². The Balaban J connectivity index is 0.00000225. The Morgan fingerprint density at radius 1 is 1.19 bits per heavy atom. The Morgan fingerprint density at radius 2 is 1.75 bits per heavy atom. The van der Waals surface area contributed by atoms with Crippen LogP contribution in [0.5, 0.6) is 5.75 Å². The monoisotopic (exact) mass is 231 g/mol. The normalized spacial score (nSPS) is 11.9. The molecule has 1 aromatic rings. The zero-order valence-corrected chi connectivity index (χ0v) is 8.14. The standard InChI is InChI=1S/C6H6BF3NO4.Li/c8-6(9,10)15-4-1-2-5(11-3-4)7(12,13)14;/h1-3,12-14H;/q-1;+1. The summed E-state index contributed by atoms with van der Waals surface area (Å²) in [6.07, 6.45) is -4.23. The predicted octanol–water partition coefficient (Wildman–Crippen LogP) is -3.89. The second-order valence-corrected chi connectivity index (χ2v) is 2.70. The van der Waals surface area contributed by atoms with Gasteiger partial charge in [0.05, 0.1) is 6.20 Å². The maximum absolute atomic E-state index is 11.7. The van der Waals surface area contributed by atoms with Crippen LogP contribution in [0, 0.1) is 0 Å². The van der Waals surface area contributed by atoms with E-state index in [1.54, 1.807) is 0 Å². The van der Waals surface area contributed by atoms with Crippen LogP contribution < -0.4 is 29.2 Å². The second kappa shape index (κ2) is 5.07. The summed E-state index contributed by atoms with van der Waals surface area (Å²) in [7, 11) is 0. The van der Waals surface area contributed by atoms with Gasteiger partial charge in [-0.15, -0.1) is 13.2 Å². The number of nitrogens with zero attached hydrogens (tertiary/aromatic N) is 1. The summed E-state index contributed by atoms with van der Waals surface area (Å²) >= 11 is 0. The Morgan fingerprint density at radius 3 is 2.06 bits per heavy atom. The molecule has 0 fully saturated rings. The van der Waals surface area contributed by atoms with Gasteiger partial charge in [0, 0.05) is 0 Å². The Labute approximate surface area is 100 Å². The minimum absolute atomic E-state index is 0. The van der Waals surface area contributed by atoms with Crippen molar-refractivity contribution in [1.29, 1.82) is 0 Å². The van der Waals surface area contributed by atoms with Crippen molar-refractivity contribution in [2.24, 2.45) is 0 Å². The van der Waals surface area contributed by atoms with Gasteiger partial charge in [0.2, 0.25) is 0 Å². The van der Waals surface area contributed by atoms with E-state index in [4.69, 9.17) is 15.1 Å². The van der Waals surface area contributed by atoms with Gasteiger partial charge >= 0.3 is 32.0 Å². The van der Waals surface area contributed by atoms with Crippen LogP contribution in [0.3, 0.4) is 0 Å². The third-order valence-corrected chi connectivity index (χ3v) is 1.39. The predicted molar refractivity (Wildman–Crippen MR) is 43.0 cm³/mol. The smallest absolute Gasteiger partial charge is 0.555 e. The molecule has 5 nitrogen and oxygen atoms in total. The van der Waals surface area contributed by atoms with Crippen LogP contribution in [-0.2, 0) is 0 Å². The Kier molecular flexibility index (Phi) is 4.85. The number of pyridine rings is 1. The van der Waals surface area contributed by atoms with Crippen molar-refractivity contribution in [3.63, 3.8) is 0 Å². The van der Waals surface area contributed by atoms with Gasteiger partial charge in [0.15, 0.2) is 0 Å². The van der Waals surface area contributed by atoms with Gasteiger partial charge in [-0.25, -0.2) is 0 Å². The average Bonchev–Trinajstić information content (AvgIpc) is 2.00. The van der Waals surface area contributed by atoms with E-state index < -0.39 is 24.5 Å². The van der Waals surface area contributed by atoms with E-state index in [1.165, 1.54) is 0 Å². The first-order chi connectivity index (χ1) is 6.68. The summed E-state index contributed by atoms with van der Waals surface area (Å²) in [5.41, 5.74) is -0.551. The molecule has 0 aliphatic carbocycles. The first-order valence-electron chi connectivity index (χ1n) is 3.72. The summed E-state index contributed by atoms with van der Waals surface area (Å²) in [6, 6.07) is 1.61. The summed E-state index contributed by atoms with van der Waals surface area (Å²) in [6.45, 7) is -3.80. The minimum atomic E-state index is -4.84. The molecular weight excluding hydrogens is 225 g/mol. The zero-order valence-electron chi connectivity index (χ0n) is 8.14. The minimum Gasteiger partial charge on any atom is -0.555 e. The van der Waals surface area contributed by atoms with E-state index in [0.29, 0.717) is 6.20 Å². The van der Waals surface area contributed by atoms with Crippen LogP contribution in [0.25, 0.3) is 0 Å². The molecule has 0 bridgehead atoms. The molecule has 0 spiro atoms. The topological polar surface area (TPSA) is 82.8 Å². The van der Waals surface area contributed by atoms with Crippen LogP contribution in [0.15, 0.2) is 18.3 Å². The molecule has 0 saturated heterocycles. The van der Waals surface area contributed by atoms with Gasteiger partial charge in [-0.3, -0.25) is 4.98 Å². The third-order valence-electron chi connectivity index (χ3n) is 1.39. The molecule has 10 heteroatoms. The zero-order chi connectivity index (χ0) is 11.7. The molecule has 0 aromatic carbocycles. The van der Waals surface area contributed by atoms with Crippen LogP contribution >= 0.6 is 0 Å². The van der Waals surface area contributed by atoms with Gasteiger partial charge in [-0.2, -0.15) is 0 Å². The van der Waals surface area contributed by atoms with Gasteiger partial charge in [-0.05, 0) is 11.7 Å². The molecule has 0 amide bonds. The number of halogens is 3. The van der Waals surface area contributed by atoms with E-state index in [9.17, 15) is 13.2 Å². The molecule has 1 heterocycles. The third kappa shape index (κ3) is 4.87. The molecule has 1 aromatic heterocycles. The van der Waals surface area contributed by atoms with Gasteiger partial charge in [0.25, 0.3) is 0 Å².